The van der Waals surface area contributed by atoms with Gasteiger partial charge in [-0.1, -0.05) is 6.07 Å². The molecule has 1 aromatic carbocycles. The fourth-order valence-electron chi connectivity index (χ4n) is 1.85. The summed E-state index contributed by atoms with van der Waals surface area (Å²) in [6, 6.07) is 5.75. The van der Waals surface area contributed by atoms with Crippen molar-refractivity contribution in [1.29, 1.82) is 0 Å². The van der Waals surface area contributed by atoms with E-state index in [0.717, 1.165) is 12.8 Å². The van der Waals surface area contributed by atoms with Crippen molar-refractivity contribution >= 4 is 18.3 Å². The van der Waals surface area contributed by atoms with E-state index in [9.17, 15) is 9.18 Å². The lowest BCUT2D eigenvalue weighted by atomic mass is 10.2. The lowest BCUT2D eigenvalue weighted by Gasteiger charge is -2.17. The van der Waals surface area contributed by atoms with Crippen molar-refractivity contribution in [2.24, 2.45) is 11.7 Å². The van der Waals surface area contributed by atoms with E-state index < -0.39 is 6.10 Å². The van der Waals surface area contributed by atoms with Crippen LogP contribution in [0.3, 0.4) is 0 Å². The van der Waals surface area contributed by atoms with Gasteiger partial charge in [-0.2, -0.15) is 0 Å². The second-order valence-corrected chi connectivity index (χ2v) is 4.96. The summed E-state index contributed by atoms with van der Waals surface area (Å²) in [7, 11) is 0. The average Bonchev–Trinajstić information content (AvgIpc) is 3.19. The summed E-state index contributed by atoms with van der Waals surface area (Å²) in [4.78, 5) is 11.8. The average molecular weight is 303 g/mol. The van der Waals surface area contributed by atoms with Gasteiger partial charge in [-0.25, -0.2) is 4.39 Å². The molecule has 1 amide bonds. The summed E-state index contributed by atoms with van der Waals surface area (Å²) >= 11 is 0. The van der Waals surface area contributed by atoms with Gasteiger partial charge in [0, 0.05) is 18.7 Å². The van der Waals surface area contributed by atoms with E-state index in [1.165, 1.54) is 18.2 Å². The van der Waals surface area contributed by atoms with Gasteiger partial charge in [-0.3, -0.25) is 4.79 Å². The number of carbonyl (C=O) groups excluding carboxylic acids is 1. The maximum Gasteiger partial charge on any atom is 0.260 e. The molecule has 2 unspecified atom stereocenters. The van der Waals surface area contributed by atoms with Crippen LogP contribution in [0.2, 0.25) is 0 Å². The normalized spacial score (nSPS) is 16.8. The molecule has 1 aromatic rings. The Kier molecular flexibility index (Phi) is 6.23. The van der Waals surface area contributed by atoms with Crippen LogP contribution in [0.4, 0.5) is 4.39 Å². The number of hydrogen-bond donors (Lipinski definition) is 2. The van der Waals surface area contributed by atoms with Crippen molar-refractivity contribution in [3.05, 3.63) is 30.1 Å². The number of carbonyl (C=O) groups is 1. The predicted octanol–water partition coefficient (Wildman–Crippen LogP) is 1.87. The van der Waals surface area contributed by atoms with E-state index in [2.05, 4.69) is 5.32 Å². The first-order valence-corrected chi connectivity index (χ1v) is 6.52. The molecular weight excluding hydrogens is 283 g/mol. The molecule has 2 atom stereocenters. The zero-order valence-electron chi connectivity index (χ0n) is 11.3. The number of benzene rings is 1. The first-order chi connectivity index (χ1) is 9.06. The molecule has 0 aromatic heterocycles. The van der Waals surface area contributed by atoms with Gasteiger partial charge in [-0.15, -0.1) is 12.4 Å². The monoisotopic (exact) mass is 302 g/mol. The minimum absolute atomic E-state index is 0. The van der Waals surface area contributed by atoms with Crippen LogP contribution in [0, 0.1) is 11.7 Å². The third-order valence-electron chi connectivity index (χ3n) is 3.22. The van der Waals surface area contributed by atoms with Gasteiger partial charge in [0.2, 0.25) is 0 Å². The lowest BCUT2D eigenvalue weighted by Crippen LogP contribution is -2.43. The summed E-state index contributed by atoms with van der Waals surface area (Å²) in [5.41, 5.74) is 5.89. The molecule has 1 fully saturated rings. The van der Waals surface area contributed by atoms with E-state index in [4.69, 9.17) is 10.5 Å². The second-order valence-electron chi connectivity index (χ2n) is 4.96. The maximum atomic E-state index is 13.0. The van der Waals surface area contributed by atoms with Crippen molar-refractivity contribution in [2.45, 2.75) is 31.9 Å². The van der Waals surface area contributed by atoms with Gasteiger partial charge in [-0.05, 0) is 37.8 Å². The number of nitrogens with one attached hydrogen (secondary N) is 1. The summed E-state index contributed by atoms with van der Waals surface area (Å²) in [5.74, 6) is 0.259. The van der Waals surface area contributed by atoms with Crippen molar-refractivity contribution in [3.8, 4) is 5.75 Å². The Morgan fingerprint density at radius 2 is 2.25 bits per heavy atom. The molecule has 112 valence electrons. The quantitative estimate of drug-likeness (QED) is 0.843. The summed E-state index contributed by atoms with van der Waals surface area (Å²) in [6.07, 6.45) is 1.62. The van der Waals surface area contributed by atoms with Crippen LogP contribution in [0.15, 0.2) is 24.3 Å². The number of halogens is 2. The Morgan fingerprint density at radius 1 is 1.55 bits per heavy atom. The Hall–Kier alpha value is -1.33. The van der Waals surface area contributed by atoms with Gasteiger partial charge in [0.25, 0.3) is 5.91 Å². The molecule has 20 heavy (non-hydrogen) atoms. The zero-order chi connectivity index (χ0) is 13.8. The Morgan fingerprint density at radius 3 is 2.85 bits per heavy atom. The Labute approximate surface area is 124 Å². The second kappa shape index (κ2) is 7.45. The van der Waals surface area contributed by atoms with Gasteiger partial charge >= 0.3 is 0 Å². The molecule has 2 rings (SSSR count). The minimum Gasteiger partial charge on any atom is -0.481 e. The van der Waals surface area contributed by atoms with Crippen LogP contribution in [-0.4, -0.2) is 24.6 Å². The van der Waals surface area contributed by atoms with Crippen LogP contribution < -0.4 is 15.8 Å². The molecule has 0 bridgehead atoms. The van der Waals surface area contributed by atoms with Gasteiger partial charge < -0.3 is 15.8 Å². The molecule has 0 radical (unpaired) electrons. The molecule has 0 aliphatic heterocycles. The maximum absolute atomic E-state index is 13.0. The highest BCUT2D eigenvalue weighted by Crippen LogP contribution is 2.31. The summed E-state index contributed by atoms with van der Waals surface area (Å²) < 4.78 is 18.3. The fourth-order valence-corrected chi connectivity index (χ4v) is 1.85. The molecule has 0 saturated heterocycles. The van der Waals surface area contributed by atoms with E-state index >= 15 is 0 Å². The lowest BCUT2D eigenvalue weighted by molar-refractivity contribution is -0.127. The predicted molar refractivity (Wildman–Crippen MR) is 77.4 cm³/mol. The number of hydrogen-bond acceptors (Lipinski definition) is 3. The fraction of sp³-hybridized carbons (Fsp3) is 0.500. The highest BCUT2D eigenvalue weighted by Gasteiger charge is 2.29. The van der Waals surface area contributed by atoms with Gasteiger partial charge in [0.15, 0.2) is 6.10 Å². The van der Waals surface area contributed by atoms with Crippen molar-refractivity contribution in [1.82, 2.24) is 5.32 Å². The van der Waals surface area contributed by atoms with Crippen LogP contribution >= 0.6 is 12.4 Å². The minimum atomic E-state index is -0.673. The number of rotatable bonds is 6. The van der Waals surface area contributed by atoms with Crippen LogP contribution in [0.5, 0.6) is 5.75 Å². The standard InChI is InChI=1S/C14H19FN2O2.ClH/c1-9(19-12-4-2-3-11(15)7-12)14(18)17-8-13(16)10-5-6-10;/h2-4,7,9-10,13H,5-6,8,16H2,1H3,(H,17,18);1H. The first kappa shape index (κ1) is 16.7. The van der Waals surface area contributed by atoms with Crippen molar-refractivity contribution in [2.75, 3.05) is 6.54 Å². The Bertz CT molecular complexity index is 455. The molecule has 6 heteroatoms. The van der Waals surface area contributed by atoms with E-state index in [1.807, 2.05) is 0 Å². The van der Waals surface area contributed by atoms with E-state index in [-0.39, 0.29) is 30.2 Å². The van der Waals surface area contributed by atoms with Crippen LogP contribution in [0.1, 0.15) is 19.8 Å². The topological polar surface area (TPSA) is 64.3 Å². The SMILES string of the molecule is CC(Oc1cccc(F)c1)C(=O)NCC(N)C1CC1.Cl. The van der Waals surface area contributed by atoms with Crippen LogP contribution in [-0.2, 0) is 4.79 Å². The molecule has 0 heterocycles. The number of nitrogens with two attached hydrogens (primary N) is 1. The number of amides is 1. The molecular formula is C14H20ClFN2O2. The zero-order valence-corrected chi connectivity index (χ0v) is 12.2. The van der Waals surface area contributed by atoms with Crippen LogP contribution in [0.25, 0.3) is 0 Å². The molecule has 4 nitrogen and oxygen atoms in total. The summed E-state index contributed by atoms with van der Waals surface area (Å²) in [6.45, 7) is 2.09. The molecule has 3 N–H and O–H groups in total. The van der Waals surface area contributed by atoms with Gasteiger partial charge in [0.05, 0.1) is 0 Å². The highest BCUT2D eigenvalue weighted by atomic mass is 35.5. The first-order valence-electron chi connectivity index (χ1n) is 6.52. The largest absolute Gasteiger partial charge is 0.481 e. The smallest absolute Gasteiger partial charge is 0.260 e. The van der Waals surface area contributed by atoms with Crippen molar-refractivity contribution in [3.63, 3.8) is 0 Å². The third-order valence-corrected chi connectivity index (χ3v) is 3.22. The molecule has 1 saturated carbocycles. The summed E-state index contributed by atoms with van der Waals surface area (Å²) in [5, 5.41) is 2.76. The van der Waals surface area contributed by atoms with E-state index in [0.29, 0.717) is 18.2 Å². The number of ether oxygens (including phenoxy) is 1. The molecule has 1 aliphatic carbocycles. The highest BCUT2D eigenvalue weighted by molar-refractivity contribution is 5.85. The molecule has 1 aliphatic rings. The van der Waals surface area contributed by atoms with Gasteiger partial charge in [0.1, 0.15) is 11.6 Å². The molecule has 0 spiro atoms. The Balaban J connectivity index is 0.00000200. The third kappa shape index (κ3) is 4.98. The van der Waals surface area contributed by atoms with E-state index in [1.54, 1.807) is 13.0 Å². The van der Waals surface area contributed by atoms with Crippen molar-refractivity contribution < 1.29 is 13.9 Å².